The van der Waals surface area contributed by atoms with Crippen LogP contribution in [-0.2, 0) is 4.79 Å². The minimum absolute atomic E-state index is 0.158. The third-order valence-electron chi connectivity index (χ3n) is 4.07. The molecule has 0 aliphatic carbocycles. The van der Waals surface area contributed by atoms with Gasteiger partial charge in [-0.05, 0) is 38.1 Å². The Kier molecular flexibility index (Phi) is 9.91. The quantitative estimate of drug-likeness (QED) is 0.568. The summed E-state index contributed by atoms with van der Waals surface area (Å²) in [6.45, 7) is 14.7. The molecule has 0 saturated carbocycles. The summed E-state index contributed by atoms with van der Waals surface area (Å²) in [6.07, 6.45) is 5.38. The molecule has 0 heterocycles. The lowest BCUT2D eigenvalue weighted by Gasteiger charge is -2.33. The van der Waals surface area contributed by atoms with Gasteiger partial charge in [0.05, 0.1) is 5.54 Å². The van der Waals surface area contributed by atoms with Crippen LogP contribution in [0.15, 0.2) is 0 Å². The van der Waals surface area contributed by atoms with Gasteiger partial charge in [-0.1, -0.05) is 53.9 Å². The average molecular weight is 284 g/mol. The SMILES string of the molecule is CCCCNC(=O)C(C)(CC(C)C)NCC(CC)CC. The van der Waals surface area contributed by atoms with Gasteiger partial charge in [0.25, 0.3) is 0 Å². The van der Waals surface area contributed by atoms with Gasteiger partial charge in [0, 0.05) is 6.54 Å². The fourth-order valence-electron chi connectivity index (χ4n) is 2.58. The summed E-state index contributed by atoms with van der Waals surface area (Å²) in [5, 5.41) is 6.63. The zero-order chi connectivity index (χ0) is 15.6. The number of carbonyl (C=O) groups is 1. The zero-order valence-electron chi connectivity index (χ0n) is 14.5. The Morgan fingerprint density at radius 1 is 1.15 bits per heavy atom. The van der Waals surface area contributed by atoms with Crippen molar-refractivity contribution in [1.82, 2.24) is 10.6 Å². The molecule has 1 unspecified atom stereocenters. The van der Waals surface area contributed by atoms with Gasteiger partial charge in [-0.15, -0.1) is 0 Å². The van der Waals surface area contributed by atoms with Gasteiger partial charge < -0.3 is 10.6 Å². The number of hydrogen-bond acceptors (Lipinski definition) is 2. The molecule has 0 aliphatic heterocycles. The van der Waals surface area contributed by atoms with Crippen LogP contribution < -0.4 is 10.6 Å². The number of nitrogens with one attached hydrogen (secondary N) is 2. The van der Waals surface area contributed by atoms with Crippen molar-refractivity contribution in [1.29, 1.82) is 0 Å². The van der Waals surface area contributed by atoms with E-state index in [2.05, 4.69) is 52.2 Å². The van der Waals surface area contributed by atoms with Crippen LogP contribution in [0.4, 0.5) is 0 Å². The Labute approximate surface area is 126 Å². The van der Waals surface area contributed by atoms with Crippen molar-refractivity contribution >= 4 is 5.91 Å². The first-order valence-corrected chi connectivity index (χ1v) is 8.42. The van der Waals surface area contributed by atoms with E-state index in [1.54, 1.807) is 0 Å². The summed E-state index contributed by atoms with van der Waals surface area (Å²) in [5.74, 6) is 1.32. The maximum atomic E-state index is 12.5. The van der Waals surface area contributed by atoms with E-state index in [4.69, 9.17) is 0 Å². The van der Waals surface area contributed by atoms with E-state index < -0.39 is 5.54 Å². The molecule has 3 heteroatoms. The summed E-state index contributed by atoms with van der Waals surface area (Å²) in [7, 11) is 0. The lowest BCUT2D eigenvalue weighted by molar-refractivity contribution is -0.127. The molecule has 0 rings (SSSR count). The predicted molar refractivity (Wildman–Crippen MR) is 87.9 cm³/mol. The Hall–Kier alpha value is -0.570. The first kappa shape index (κ1) is 19.4. The number of hydrogen-bond donors (Lipinski definition) is 2. The van der Waals surface area contributed by atoms with Crippen LogP contribution in [0.2, 0.25) is 0 Å². The fourth-order valence-corrected chi connectivity index (χ4v) is 2.58. The lowest BCUT2D eigenvalue weighted by Crippen LogP contribution is -2.56. The molecular weight excluding hydrogens is 248 g/mol. The molecule has 0 radical (unpaired) electrons. The third kappa shape index (κ3) is 7.28. The Balaban J connectivity index is 4.59. The average Bonchev–Trinajstić information content (AvgIpc) is 2.39. The molecule has 2 N–H and O–H groups in total. The summed E-state index contributed by atoms with van der Waals surface area (Å²) in [5.41, 5.74) is -0.440. The van der Waals surface area contributed by atoms with Crippen molar-refractivity contribution in [2.24, 2.45) is 11.8 Å². The molecule has 3 nitrogen and oxygen atoms in total. The summed E-state index contributed by atoms with van der Waals surface area (Å²) >= 11 is 0. The third-order valence-corrected chi connectivity index (χ3v) is 4.07. The predicted octanol–water partition coefficient (Wildman–Crippen LogP) is 3.73. The van der Waals surface area contributed by atoms with Gasteiger partial charge in [0.2, 0.25) is 5.91 Å². The Morgan fingerprint density at radius 3 is 2.20 bits per heavy atom. The van der Waals surface area contributed by atoms with Crippen molar-refractivity contribution in [3.8, 4) is 0 Å². The monoisotopic (exact) mass is 284 g/mol. The van der Waals surface area contributed by atoms with E-state index in [0.29, 0.717) is 11.8 Å². The molecule has 1 amide bonds. The topological polar surface area (TPSA) is 41.1 Å². The van der Waals surface area contributed by atoms with E-state index in [1.165, 1.54) is 12.8 Å². The normalized spacial score (nSPS) is 14.6. The van der Waals surface area contributed by atoms with E-state index >= 15 is 0 Å². The highest BCUT2D eigenvalue weighted by molar-refractivity contribution is 5.85. The minimum atomic E-state index is -0.440. The van der Waals surface area contributed by atoms with E-state index in [1.807, 2.05) is 0 Å². The molecular formula is C17H36N2O. The van der Waals surface area contributed by atoms with Gasteiger partial charge in [-0.25, -0.2) is 0 Å². The second kappa shape index (κ2) is 10.2. The van der Waals surface area contributed by atoms with Gasteiger partial charge >= 0.3 is 0 Å². The van der Waals surface area contributed by atoms with Crippen LogP contribution in [0, 0.1) is 11.8 Å². The van der Waals surface area contributed by atoms with Crippen LogP contribution in [0.5, 0.6) is 0 Å². The minimum Gasteiger partial charge on any atom is -0.355 e. The first-order chi connectivity index (χ1) is 9.39. The van der Waals surface area contributed by atoms with Crippen LogP contribution in [0.3, 0.4) is 0 Å². The molecule has 0 fully saturated rings. The van der Waals surface area contributed by atoms with Crippen LogP contribution in [0.1, 0.15) is 73.6 Å². The molecule has 20 heavy (non-hydrogen) atoms. The van der Waals surface area contributed by atoms with Gasteiger partial charge in [-0.3, -0.25) is 4.79 Å². The number of unbranched alkanes of at least 4 members (excludes halogenated alkanes) is 1. The maximum Gasteiger partial charge on any atom is 0.240 e. The number of carbonyl (C=O) groups excluding carboxylic acids is 1. The molecule has 0 saturated heterocycles. The highest BCUT2D eigenvalue weighted by Crippen LogP contribution is 2.18. The van der Waals surface area contributed by atoms with Crippen molar-refractivity contribution in [3.63, 3.8) is 0 Å². The zero-order valence-corrected chi connectivity index (χ0v) is 14.5. The molecule has 0 aromatic heterocycles. The highest BCUT2D eigenvalue weighted by Gasteiger charge is 2.33. The molecule has 0 bridgehead atoms. The standard InChI is InChI=1S/C17H36N2O/c1-7-10-11-18-16(20)17(6,12-14(4)5)19-13-15(8-2)9-3/h14-15,19H,7-13H2,1-6H3,(H,18,20). The smallest absolute Gasteiger partial charge is 0.240 e. The molecule has 0 aromatic carbocycles. The molecule has 120 valence electrons. The first-order valence-electron chi connectivity index (χ1n) is 8.42. The number of rotatable bonds is 11. The summed E-state index contributed by atoms with van der Waals surface area (Å²) in [6, 6.07) is 0. The van der Waals surface area contributed by atoms with Crippen molar-refractivity contribution in [2.45, 2.75) is 79.2 Å². The Morgan fingerprint density at radius 2 is 1.75 bits per heavy atom. The van der Waals surface area contributed by atoms with Crippen molar-refractivity contribution in [3.05, 3.63) is 0 Å². The summed E-state index contributed by atoms with van der Waals surface area (Å²) in [4.78, 5) is 12.5. The van der Waals surface area contributed by atoms with Crippen LogP contribution in [-0.4, -0.2) is 24.5 Å². The largest absolute Gasteiger partial charge is 0.355 e. The number of amides is 1. The maximum absolute atomic E-state index is 12.5. The van der Waals surface area contributed by atoms with Crippen molar-refractivity contribution in [2.75, 3.05) is 13.1 Å². The van der Waals surface area contributed by atoms with E-state index in [9.17, 15) is 4.79 Å². The van der Waals surface area contributed by atoms with E-state index in [-0.39, 0.29) is 5.91 Å². The van der Waals surface area contributed by atoms with Gasteiger partial charge in [-0.2, -0.15) is 0 Å². The molecule has 1 atom stereocenters. The lowest BCUT2D eigenvalue weighted by atomic mass is 9.88. The molecule has 0 aromatic rings. The van der Waals surface area contributed by atoms with Gasteiger partial charge in [0.15, 0.2) is 0 Å². The van der Waals surface area contributed by atoms with Crippen molar-refractivity contribution < 1.29 is 4.79 Å². The molecule has 0 spiro atoms. The second-order valence-corrected chi connectivity index (χ2v) is 6.60. The van der Waals surface area contributed by atoms with Crippen LogP contribution >= 0.6 is 0 Å². The Bertz CT molecular complexity index is 262. The van der Waals surface area contributed by atoms with Gasteiger partial charge in [0.1, 0.15) is 0 Å². The van der Waals surface area contributed by atoms with E-state index in [0.717, 1.165) is 32.4 Å². The second-order valence-electron chi connectivity index (χ2n) is 6.60. The fraction of sp³-hybridized carbons (Fsp3) is 0.941. The van der Waals surface area contributed by atoms with Crippen LogP contribution in [0.25, 0.3) is 0 Å². The molecule has 0 aliphatic rings. The highest BCUT2D eigenvalue weighted by atomic mass is 16.2. The summed E-state index contributed by atoms with van der Waals surface area (Å²) < 4.78 is 0.